The van der Waals surface area contributed by atoms with Crippen LogP contribution in [0.4, 0.5) is 0 Å². The highest BCUT2D eigenvalue weighted by Crippen LogP contribution is 2.20. The minimum absolute atomic E-state index is 0.156. The van der Waals surface area contributed by atoms with Crippen molar-refractivity contribution >= 4 is 0 Å². The van der Waals surface area contributed by atoms with Crippen molar-refractivity contribution in [3.8, 4) is 0 Å². The van der Waals surface area contributed by atoms with Crippen LogP contribution in [-0.2, 0) is 6.54 Å². The van der Waals surface area contributed by atoms with E-state index in [1.54, 1.807) is 0 Å². The zero-order chi connectivity index (χ0) is 13.0. The average molecular weight is 244 g/mol. The molecule has 1 N–H and O–H groups in total. The Bertz CT molecular complexity index is 487. The van der Waals surface area contributed by atoms with Crippen LogP contribution in [-0.4, -0.2) is 21.8 Å². The van der Waals surface area contributed by atoms with Crippen molar-refractivity contribution in [2.24, 2.45) is 0 Å². The molecular weight excluding hydrogens is 224 g/mol. The summed E-state index contributed by atoms with van der Waals surface area (Å²) >= 11 is 0. The molecule has 0 spiro atoms. The summed E-state index contributed by atoms with van der Waals surface area (Å²) in [5, 5.41) is 7.69. The van der Waals surface area contributed by atoms with E-state index in [1.807, 2.05) is 37.1 Å². The number of nitrogens with one attached hydrogen (secondary N) is 1. The van der Waals surface area contributed by atoms with Gasteiger partial charge in [0, 0.05) is 30.2 Å². The van der Waals surface area contributed by atoms with E-state index in [1.165, 1.54) is 11.1 Å². The molecule has 0 aliphatic rings. The topological polar surface area (TPSA) is 42.7 Å². The molecule has 96 valence electrons. The second-order valence-corrected chi connectivity index (χ2v) is 4.49. The van der Waals surface area contributed by atoms with E-state index < -0.39 is 0 Å². The van der Waals surface area contributed by atoms with Gasteiger partial charge < -0.3 is 5.32 Å². The molecule has 0 aromatic carbocycles. The highest BCUT2D eigenvalue weighted by atomic mass is 15.3. The lowest BCUT2D eigenvalue weighted by molar-refractivity contribution is 0.600. The lowest BCUT2D eigenvalue weighted by atomic mass is 10.0. The summed E-state index contributed by atoms with van der Waals surface area (Å²) in [7, 11) is 1.96. The molecule has 0 aliphatic carbocycles. The van der Waals surface area contributed by atoms with Gasteiger partial charge in [-0.3, -0.25) is 9.67 Å². The molecule has 0 fully saturated rings. The smallest absolute Gasteiger partial charge is 0.0620 e. The van der Waals surface area contributed by atoms with Crippen molar-refractivity contribution in [3.05, 3.63) is 47.5 Å². The van der Waals surface area contributed by atoms with Crippen LogP contribution in [0.25, 0.3) is 0 Å². The maximum absolute atomic E-state index is 4.37. The van der Waals surface area contributed by atoms with Gasteiger partial charge in [0.2, 0.25) is 0 Å². The summed E-state index contributed by atoms with van der Waals surface area (Å²) in [5.41, 5.74) is 3.38. The molecule has 0 amide bonds. The van der Waals surface area contributed by atoms with Gasteiger partial charge in [-0.15, -0.1) is 0 Å². The van der Waals surface area contributed by atoms with E-state index >= 15 is 0 Å². The van der Waals surface area contributed by atoms with Crippen molar-refractivity contribution in [2.45, 2.75) is 32.9 Å². The van der Waals surface area contributed by atoms with Gasteiger partial charge in [0.15, 0.2) is 0 Å². The average Bonchev–Trinajstić information content (AvgIpc) is 2.82. The predicted molar refractivity (Wildman–Crippen MR) is 72.4 cm³/mol. The molecule has 1 atom stereocenters. The Hall–Kier alpha value is -1.68. The monoisotopic (exact) mass is 244 g/mol. The zero-order valence-electron chi connectivity index (χ0n) is 11.2. The fraction of sp³-hybridized carbons (Fsp3) is 0.429. The first-order valence-corrected chi connectivity index (χ1v) is 6.36. The van der Waals surface area contributed by atoms with E-state index in [-0.39, 0.29) is 6.04 Å². The van der Waals surface area contributed by atoms with Crippen molar-refractivity contribution in [1.82, 2.24) is 20.1 Å². The molecule has 2 aromatic rings. The molecular formula is C14H20N4. The molecule has 0 saturated heterocycles. The maximum atomic E-state index is 4.37. The van der Waals surface area contributed by atoms with Crippen LogP contribution in [0.2, 0.25) is 0 Å². The Labute approximate surface area is 108 Å². The summed E-state index contributed by atoms with van der Waals surface area (Å²) in [6.07, 6.45) is 7.05. The van der Waals surface area contributed by atoms with Crippen molar-refractivity contribution in [1.29, 1.82) is 0 Å². The van der Waals surface area contributed by atoms with Gasteiger partial charge in [0.25, 0.3) is 0 Å². The van der Waals surface area contributed by atoms with Gasteiger partial charge in [-0.1, -0.05) is 13.0 Å². The third-order valence-electron chi connectivity index (χ3n) is 3.00. The predicted octanol–water partition coefficient (Wildman–Crippen LogP) is 2.31. The summed E-state index contributed by atoms with van der Waals surface area (Å²) < 4.78 is 1.99. The fourth-order valence-electron chi connectivity index (χ4n) is 2.06. The van der Waals surface area contributed by atoms with Gasteiger partial charge in [0.1, 0.15) is 0 Å². The summed E-state index contributed by atoms with van der Waals surface area (Å²) in [6.45, 7) is 5.11. The Morgan fingerprint density at radius 3 is 2.72 bits per heavy atom. The third kappa shape index (κ3) is 2.76. The van der Waals surface area contributed by atoms with Crippen LogP contribution >= 0.6 is 0 Å². The van der Waals surface area contributed by atoms with Crippen molar-refractivity contribution < 1.29 is 0 Å². The molecule has 0 radical (unpaired) electrons. The van der Waals surface area contributed by atoms with Crippen LogP contribution in [0.1, 0.15) is 36.2 Å². The first-order valence-electron chi connectivity index (χ1n) is 6.36. The normalized spacial score (nSPS) is 12.6. The number of aryl methyl sites for hydroxylation is 2. The van der Waals surface area contributed by atoms with E-state index in [0.717, 1.165) is 18.7 Å². The van der Waals surface area contributed by atoms with Crippen LogP contribution < -0.4 is 5.32 Å². The number of hydrogen-bond donors (Lipinski definition) is 1. The Balaban J connectivity index is 2.24. The summed E-state index contributed by atoms with van der Waals surface area (Å²) in [6, 6.07) is 4.31. The second-order valence-electron chi connectivity index (χ2n) is 4.49. The van der Waals surface area contributed by atoms with Crippen LogP contribution in [0.3, 0.4) is 0 Å². The lowest BCUT2D eigenvalue weighted by Crippen LogP contribution is -2.17. The minimum Gasteiger partial charge on any atom is -0.309 e. The highest BCUT2D eigenvalue weighted by Gasteiger charge is 2.14. The quantitative estimate of drug-likeness (QED) is 0.877. The van der Waals surface area contributed by atoms with Gasteiger partial charge >= 0.3 is 0 Å². The van der Waals surface area contributed by atoms with Crippen LogP contribution in [0.5, 0.6) is 0 Å². The fourth-order valence-corrected chi connectivity index (χ4v) is 2.06. The van der Waals surface area contributed by atoms with E-state index in [4.69, 9.17) is 0 Å². The highest BCUT2D eigenvalue weighted by molar-refractivity contribution is 5.27. The Morgan fingerprint density at radius 2 is 2.11 bits per heavy atom. The number of pyridine rings is 1. The van der Waals surface area contributed by atoms with Crippen LogP contribution in [0.15, 0.2) is 30.7 Å². The second kappa shape index (κ2) is 5.78. The molecule has 2 aromatic heterocycles. The molecule has 4 heteroatoms. The maximum Gasteiger partial charge on any atom is 0.0620 e. The molecule has 0 aliphatic heterocycles. The van der Waals surface area contributed by atoms with E-state index in [0.29, 0.717) is 0 Å². The van der Waals surface area contributed by atoms with Gasteiger partial charge in [-0.25, -0.2) is 0 Å². The SMILES string of the molecule is CCCn1cc(C(NC)c2ccc(C)nc2)cn1. The minimum atomic E-state index is 0.156. The van der Waals surface area contributed by atoms with Gasteiger partial charge in [0.05, 0.1) is 12.2 Å². The number of nitrogens with zero attached hydrogens (tertiary/aromatic N) is 3. The van der Waals surface area contributed by atoms with Gasteiger partial charge in [-0.05, 0) is 32.0 Å². The molecule has 4 nitrogen and oxygen atoms in total. The van der Waals surface area contributed by atoms with E-state index in [2.05, 4.69) is 34.6 Å². The standard InChI is InChI=1S/C14H20N4/c1-4-7-18-10-13(9-17-18)14(15-3)12-6-5-11(2)16-8-12/h5-6,8-10,14-15H,4,7H2,1-3H3. The Morgan fingerprint density at radius 1 is 1.28 bits per heavy atom. The molecule has 1 unspecified atom stereocenters. The van der Waals surface area contributed by atoms with Crippen LogP contribution in [0, 0.1) is 6.92 Å². The molecule has 2 heterocycles. The number of aromatic nitrogens is 3. The first kappa shape index (κ1) is 12.8. The van der Waals surface area contributed by atoms with Crippen molar-refractivity contribution in [3.63, 3.8) is 0 Å². The van der Waals surface area contributed by atoms with Gasteiger partial charge in [-0.2, -0.15) is 5.10 Å². The molecule has 0 bridgehead atoms. The summed E-state index contributed by atoms with van der Waals surface area (Å²) in [5.74, 6) is 0. The molecule has 18 heavy (non-hydrogen) atoms. The largest absolute Gasteiger partial charge is 0.309 e. The zero-order valence-corrected chi connectivity index (χ0v) is 11.2. The Kier molecular flexibility index (Phi) is 4.10. The molecule has 2 rings (SSSR count). The van der Waals surface area contributed by atoms with Crippen molar-refractivity contribution in [2.75, 3.05) is 7.05 Å². The number of rotatable bonds is 5. The van der Waals surface area contributed by atoms with E-state index in [9.17, 15) is 0 Å². The molecule has 0 saturated carbocycles. The lowest BCUT2D eigenvalue weighted by Gasteiger charge is -2.14. The third-order valence-corrected chi connectivity index (χ3v) is 3.00. The number of hydrogen-bond acceptors (Lipinski definition) is 3. The first-order chi connectivity index (χ1) is 8.74. The summed E-state index contributed by atoms with van der Waals surface area (Å²) in [4.78, 5) is 4.35.